The van der Waals surface area contributed by atoms with Crippen molar-refractivity contribution in [2.24, 2.45) is 0 Å². The van der Waals surface area contributed by atoms with Gasteiger partial charge in [0.2, 0.25) is 0 Å². The van der Waals surface area contributed by atoms with E-state index < -0.39 is 0 Å². The smallest absolute Gasteiger partial charge is 0.119 e. The number of methoxy groups -OCH3 is 1. The number of fused-ring (bicyclic) bond motifs is 1. The highest BCUT2D eigenvalue weighted by Crippen LogP contribution is 2.31. The minimum Gasteiger partial charge on any atom is -0.497 e. The van der Waals surface area contributed by atoms with E-state index in [1.807, 2.05) is 12.1 Å². The molecule has 0 radical (unpaired) electrons. The van der Waals surface area contributed by atoms with Crippen molar-refractivity contribution >= 4 is 0 Å². The van der Waals surface area contributed by atoms with Gasteiger partial charge in [-0.2, -0.15) is 5.48 Å². The average molecular weight is 193 g/mol. The summed E-state index contributed by atoms with van der Waals surface area (Å²) < 4.78 is 5.17. The highest BCUT2D eigenvalue weighted by molar-refractivity contribution is 5.38. The lowest BCUT2D eigenvalue weighted by molar-refractivity contribution is 0.117. The molecular formula is C11H15NO2. The van der Waals surface area contributed by atoms with Crippen LogP contribution in [0.3, 0.4) is 0 Å². The lowest BCUT2D eigenvalue weighted by Crippen LogP contribution is -2.21. The molecule has 0 heterocycles. The number of ether oxygens (including phenoxy) is 1. The second-order valence-corrected chi connectivity index (χ2v) is 3.64. The van der Waals surface area contributed by atoms with Crippen LogP contribution in [-0.4, -0.2) is 12.3 Å². The first-order chi connectivity index (χ1) is 6.85. The number of hydroxylamine groups is 1. The third kappa shape index (κ3) is 1.61. The second kappa shape index (κ2) is 3.98. The first kappa shape index (κ1) is 9.49. The maximum absolute atomic E-state index is 8.98. The summed E-state index contributed by atoms with van der Waals surface area (Å²) in [5, 5.41) is 8.98. The summed E-state index contributed by atoms with van der Waals surface area (Å²) in [4.78, 5) is 0. The van der Waals surface area contributed by atoms with Gasteiger partial charge in [0.25, 0.3) is 0 Å². The Morgan fingerprint density at radius 1 is 1.50 bits per heavy atom. The van der Waals surface area contributed by atoms with Crippen molar-refractivity contribution in [3.63, 3.8) is 0 Å². The van der Waals surface area contributed by atoms with Crippen LogP contribution in [0.15, 0.2) is 18.2 Å². The Balaban J connectivity index is 2.35. The third-order valence-corrected chi connectivity index (χ3v) is 2.82. The SMILES string of the molecule is COc1ccc2c(c1)CCCC2NO. The van der Waals surface area contributed by atoms with Crippen molar-refractivity contribution in [1.82, 2.24) is 5.48 Å². The Morgan fingerprint density at radius 3 is 3.07 bits per heavy atom. The van der Waals surface area contributed by atoms with Gasteiger partial charge in [0.05, 0.1) is 13.2 Å². The fourth-order valence-corrected chi connectivity index (χ4v) is 2.05. The van der Waals surface area contributed by atoms with E-state index in [2.05, 4.69) is 11.5 Å². The summed E-state index contributed by atoms with van der Waals surface area (Å²) in [7, 11) is 1.67. The van der Waals surface area contributed by atoms with Crippen molar-refractivity contribution in [1.29, 1.82) is 0 Å². The fourth-order valence-electron chi connectivity index (χ4n) is 2.05. The van der Waals surface area contributed by atoms with Gasteiger partial charge in [-0.25, -0.2) is 0 Å². The van der Waals surface area contributed by atoms with Crippen LogP contribution in [0.5, 0.6) is 5.75 Å². The zero-order valence-corrected chi connectivity index (χ0v) is 8.29. The molecule has 1 aliphatic rings. The molecule has 0 saturated heterocycles. The molecule has 76 valence electrons. The van der Waals surface area contributed by atoms with Gasteiger partial charge in [0.15, 0.2) is 0 Å². The monoisotopic (exact) mass is 193 g/mol. The van der Waals surface area contributed by atoms with Gasteiger partial charge in [-0.3, -0.25) is 0 Å². The van der Waals surface area contributed by atoms with Gasteiger partial charge in [-0.05, 0) is 42.5 Å². The van der Waals surface area contributed by atoms with Gasteiger partial charge in [-0.1, -0.05) is 6.07 Å². The summed E-state index contributed by atoms with van der Waals surface area (Å²) in [5.41, 5.74) is 4.83. The molecule has 1 atom stereocenters. The Hall–Kier alpha value is -1.06. The molecule has 0 fully saturated rings. The molecule has 1 aromatic carbocycles. The van der Waals surface area contributed by atoms with Crippen LogP contribution in [-0.2, 0) is 6.42 Å². The number of rotatable bonds is 2. The minimum absolute atomic E-state index is 0.0876. The van der Waals surface area contributed by atoms with E-state index >= 15 is 0 Å². The van der Waals surface area contributed by atoms with E-state index in [0.29, 0.717) is 0 Å². The number of hydrogen-bond acceptors (Lipinski definition) is 3. The standard InChI is InChI=1S/C11H15NO2/c1-14-9-5-6-10-8(7-9)3-2-4-11(10)12-13/h5-7,11-13H,2-4H2,1H3. The molecule has 1 unspecified atom stereocenters. The first-order valence-electron chi connectivity index (χ1n) is 4.91. The van der Waals surface area contributed by atoms with Crippen molar-refractivity contribution in [2.45, 2.75) is 25.3 Å². The summed E-state index contributed by atoms with van der Waals surface area (Å²) >= 11 is 0. The highest BCUT2D eigenvalue weighted by Gasteiger charge is 2.19. The van der Waals surface area contributed by atoms with Crippen LogP contribution >= 0.6 is 0 Å². The Bertz CT molecular complexity index is 325. The van der Waals surface area contributed by atoms with Crippen LogP contribution in [0.1, 0.15) is 30.0 Å². The molecule has 0 saturated carbocycles. The quantitative estimate of drug-likeness (QED) is 0.706. The number of aryl methyl sites for hydroxylation is 1. The Labute approximate surface area is 83.7 Å². The van der Waals surface area contributed by atoms with Crippen LogP contribution in [0.4, 0.5) is 0 Å². The predicted molar refractivity (Wildman–Crippen MR) is 53.6 cm³/mol. The van der Waals surface area contributed by atoms with Gasteiger partial charge < -0.3 is 9.94 Å². The van der Waals surface area contributed by atoms with E-state index in [1.54, 1.807) is 7.11 Å². The normalized spacial score (nSPS) is 20.3. The van der Waals surface area contributed by atoms with Crippen molar-refractivity contribution in [3.8, 4) is 5.75 Å². The largest absolute Gasteiger partial charge is 0.497 e. The van der Waals surface area contributed by atoms with E-state index in [-0.39, 0.29) is 6.04 Å². The number of benzene rings is 1. The first-order valence-corrected chi connectivity index (χ1v) is 4.91. The Morgan fingerprint density at radius 2 is 2.36 bits per heavy atom. The van der Waals surface area contributed by atoms with E-state index in [1.165, 1.54) is 11.1 Å². The molecular weight excluding hydrogens is 178 g/mol. The maximum atomic E-state index is 8.98. The van der Waals surface area contributed by atoms with Crippen LogP contribution in [0.25, 0.3) is 0 Å². The molecule has 3 heteroatoms. The molecule has 2 rings (SSSR count). The second-order valence-electron chi connectivity index (χ2n) is 3.64. The van der Waals surface area contributed by atoms with Crippen LogP contribution < -0.4 is 10.2 Å². The maximum Gasteiger partial charge on any atom is 0.119 e. The van der Waals surface area contributed by atoms with Gasteiger partial charge in [-0.15, -0.1) is 0 Å². The topological polar surface area (TPSA) is 41.5 Å². The third-order valence-electron chi connectivity index (χ3n) is 2.82. The number of hydrogen-bond donors (Lipinski definition) is 2. The van der Waals surface area contributed by atoms with Gasteiger partial charge >= 0.3 is 0 Å². The molecule has 0 aromatic heterocycles. The Kier molecular flexibility index (Phi) is 2.70. The molecule has 0 bridgehead atoms. The van der Waals surface area contributed by atoms with Crippen molar-refractivity contribution < 1.29 is 9.94 Å². The van der Waals surface area contributed by atoms with Crippen molar-refractivity contribution in [2.75, 3.05) is 7.11 Å². The molecule has 2 N–H and O–H groups in total. The molecule has 0 aliphatic heterocycles. The van der Waals surface area contributed by atoms with Crippen molar-refractivity contribution in [3.05, 3.63) is 29.3 Å². The molecule has 14 heavy (non-hydrogen) atoms. The predicted octanol–water partition coefficient (Wildman–Crippen LogP) is 2.05. The van der Waals surface area contributed by atoms with Gasteiger partial charge in [0.1, 0.15) is 5.75 Å². The number of nitrogens with one attached hydrogen (secondary N) is 1. The van der Waals surface area contributed by atoms with E-state index in [4.69, 9.17) is 9.94 Å². The highest BCUT2D eigenvalue weighted by atomic mass is 16.5. The lowest BCUT2D eigenvalue weighted by Gasteiger charge is -2.24. The lowest BCUT2D eigenvalue weighted by atomic mass is 9.88. The average Bonchev–Trinajstić information content (AvgIpc) is 2.27. The van der Waals surface area contributed by atoms with Gasteiger partial charge in [0, 0.05) is 0 Å². The summed E-state index contributed by atoms with van der Waals surface area (Å²) in [6.07, 6.45) is 3.18. The molecule has 0 amide bonds. The molecule has 3 nitrogen and oxygen atoms in total. The summed E-state index contributed by atoms with van der Waals surface area (Å²) in [5.74, 6) is 0.891. The zero-order valence-electron chi connectivity index (χ0n) is 8.29. The summed E-state index contributed by atoms with van der Waals surface area (Å²) in [6.45, 7) is 0. The van der Waals surface area contributed by atoms with Crippen LogP contribution in [0, 0.1) is 0 Å². The summed E-state index contributed by atoms with van der Waals surface area (Å²) in [6, 6.07) is 6.11. The fraction of sp³-hybridized carbons (Fsp3) is 0.455. The van der Waals surface area contributed by atoms with E-state index in [0.717, 1.165) is 25.0 Å². The minimum atomic E-state index is 0.0876. The molecule has 1 aromatic rings. The zero-order chi connectivity index (χ0) is 9.97. The van der Waals surface area contributed by atoms with E-state index in [9.17, 15) is 0 Å². The molecule has 0 spiro atoms. The molecule has 1 aliphatic carbocycles. The van der Waals surface area contributed by atoms with Crippen LogP contribution in [0.2, 0.25) is 0 Å².